The first-order valence-corrected chi connectivity index (χ1v) is 6.17. The zero-order valence-electron chi connectivity index (χ0n) is 10.6. The first-order valence-electron chi connectivity index (χ1n) is 6.17. The Hall–Kier alpha value is -1.57. The molecule has 0 aliphatic heterocycles. The second-order valence-corrected chi connectivity index (χ2v) is 4.33. The minimum atomic E-state index is -0.0346. The SMILES string of the molecule is C=C[C@H](CCC)[C@H](C)C(=O)Nc1ccccc1. The van der Waals surface area contributed by atoms with Crippen molar-refractivity contribution < 1.29 is 4.79 Å². The van der Waals surface area contributed by atoms with Crippen LogP contribution in [0.3, 0.4) is 0 Å². The Labute approximate surface area is 104 Å². The smallest absolute Gasteiger partial charge is 0.227 e. The molecule has 2 atom stereocenters. The van der Waals surface area contributed by atoms with E-state index in [1.54, 1.807) is 0 Å². The first-order chi connectivity index (χ1) is 8.19. The van der Waals surface area contributed by atoms with Crippen molar-refractivity contribution in [2.24, 2.45) is 11.8 Å². The van der Waals surface area contributed by atoms with Gasteiger partial charge in [0.2, 0.25) is 5.91 Å². The molecule has 0 aliphatic carbocycles. The highest BCUT2D eigenvalue weighted by atomic mass is 16.1. The fraction of sp³-hybridized carbons (Fsp3) is 0.400. The lowest BCUT2D eigenvalue weighted by Crippen LogP contribution is -2.26. The molecule has 0 fully saturated rings. The molecule has 1 aromatic rings. The molecule has 92 valence electrons. The van der Waals surface area contributed by atoms with E-state index < -0.39 is 0 Å². The number of benzene rings is 1. The van der Waals surface area contributed by atoms with Crippen molar-refractivity contribution >= 4 is 11.6 Å². The van der Waals surface area contributed by atoms with E-state index in [4.69, 9.17) is 0 Å². The van der Waals surface area contributed by atoms with Crippen molar-refractivity contribution in [2.45, 2.75) is 26.7 Å². The second kappa shape index (κ2) is 6.89. The molecule has 0 saturated heterocycles. The monoisotopic (exact) mass is 231 g/mol. The van der Waals surface area contributed by atoms with E-state index in [1.807, 2.05) is 43.3 Å². The Balaban J connectivity index is 2.60. The maximum Gasteiger partial charge on any atom is 0.227 e. The third-order valence-electron chi connectivity index (χ3n) is 3.02. The third-order valence-corrected chi connectivity index (χ3v) is 3.02. The lowest BCUT2D eigenvalue weighted by atomic mass is 9.89. The molecule has 0 aromatic heterocycles. The lowest BCUT2D eigenvalue weighted by Gasteiger charge is -2.19. The van der Waals surface area contributed by atoms with Crippen molar-refractivity contribution in [2.75, 3.05) is 5.32 Å². The Morgan fingerprint density at radius 2 is 2.06 bits per heavy atom. The molecule has 2 nitrogen and oxygen atoms in total. The van der Waals surface area contributed by atoms with Crippen molar-refractivity contribution in [1.29, 1.82) is 0 Å². The predicted octanol–water partition coefficient (Wildman–Crippen LogP) is 3.86. The summed E-state index contributed by atoms with van der Waals surface area (Å²) in [6, 6.07) is 9.55. The number of allylic oxidation sites excluding steroid dienone is 1. The van der Waals surface area contributed by atoms with Gasteiger partial charge in [-0.05, 0) is 24.5 Å². The van der Waals surface area contributed by atoms with Gasteiger partial charge in [-0.25, -0.2) is 0 Å². The molecular weight excluding hydrogens is 210 g/mol. The zero-order chi connectivity index (χ0) is 12.7. The summed E-state index contributed by atoms with van der Waals surface area (Å²) in [6.45, 7) is 7.89. The van der Waals surface area contributed by atoms with Crippen LogP contribution < -0.4 is 5.32 Å². The van der Waals surface area contributed by atoms with Gasteiger partial charge in [0.05, 0.1) is 0 Å². The Bertz CT molecular complexity index is 358. The van der Waals surface area contributed by atoms with E-state index in [1.165, 1.54) is 0 Å². The van der Waals surface area contributed by atoms with Crippen LogP contribution >= 0.6 is 0 Å². The fourth-order valence-electron chi connectivity index (χ4n) is 1.88. The number of hydrogen-bond acceptors (Lipinski definition) is 1. The molecule has 0 bridgehead atoms. The summed E-state index contributed by atoms with van der Waals surface area (Å²) in [5.74, 6) is 0.283. The molecule has 1 aromatic carbocycles. The summed E-state index contributed by atoms with van der Waals surface area (Å²) in [5, 5.41) is 2.93. The zero-order valence-corrected chi connectivity index (χ0v) is 10.6. The molecule has 1 N–H and O–H groups in total. The molecule has 0 heterocycles. The van der Waals surface area contributed by atoms with Crippen LogP contribution in [0, 0.1) is 11.8 Å². The van der Waals surface area contributed by atoms with E-state index in [0.717, 1.165) is 18.5 Å². The van der Waals surface area contributed by atoms with Gasteiger partial charge in [0, 0.05) is 11.6 Å². The maximum absolute atomic E-state index is 12.0. The minimum absolute atomic E-state index is 0.0346. The molecule has 0 radical (unpaired) electrons. The third kappa shape index (κ3) is 4.06. The normalized spacial score (nSPS) is 13.8. The maximum atomic E-state index is 12.0. The van der Waals surface area contributed by atoms with Crippen molar-refractivity contribution in [3.8, 4) is 0 Å². The lowest BCUT2D eigenvalue weighted by molar-refractivity contribution is -0.120. The Morgan fingerprint density at radius 1 is 1.41 bits per heavy atom. The van der Waals surface area contributed by atoms with Gasteiger partial charge in [-0.3, -0.25) is 4.79 Å². The van der Waals surface area contributed by atoms with Gasteiger partial charge in [0.1, 0.15) is 0 Å². The topological polar surface area (TPSA) is 29.1 Å². The molecule has 1 rings (SSSR count). The summed E-state index contributed by atoms with van der Waals surface area (Å²) >= 11 is 0. The van der Waals surface area contributed by atoms with Gasteiger partial charge >= 0.3 is 0 Å². The summed E-state index contributed by atoms with van der Waals surface area (Å²) in [7, 11) is 0. The molecule has 17 heavy (non-hydrogen) atoms. The van der Waals surface area contributed by atoms with Crippen LogP contribution in [-0.4, -0.2) is 5.91 Å². The largest absolute Gasteiger partial charge is 0.326 e. The van der Waals surface area contributed by atoms with Crippen molar-refractivity contribution in [3.05, 3.63) is 43.0 Å². The van der Waals surface area contributed by atoms with Gasteiger partial charge in [-0.1, -0.05) is 44.5 Å². The summed E-state index contributed by atoms with van der Waals surface area (Å²) in [6.07, 6.45) is 3.96. The van der Waals surface area contributed by atoms with E-state index >= 15 is 0 Å². The minimum Gasteiger partial charge on any atom is -0.326 e. The van der Waals surface area contributed by atoms with E-state index in [-0.39, 0.29) is 17.7 Å². The highest BCUT2D eigenvalue weighted by Gasteiger charge is 2.20. The molecule has 2 heteroatoms. The van der Waals surface area contributed by atoms with Gasteiger partial charge in [0.25, 0.3) is 0 Å². The Morgan fingerprint density at radius 3 is 2.59 bits per heavy atom. The van der Waals surface area contributed by atoms with Gasteiger partial charge in [-0.15, -0.1) is 6.58 Å². The predicted molar refractivity (Wildman–Crippen MR) is 72.8 cm³/mol. The van der Waals surface area contributed by atoms with E-state index in [2.05, 4.69) is 18.8 Å². The second-order valence-electron chi connectivity index (χ2n) is 4.33. The van der Waals surface area contributed by atoms with Gasteiger partial charge in [0.15, 0.2) is 0 Å². The van der Waals surface area contributed by atoms with Crippen LogP contribution in [0.25, 0.3) is 0 Å². The quantitative estimate of drug-likeness (QED) is 0.740. The Kier molecular flexibility index (Phi) is 5.47. The highest BCUT2D eigenvalue weighted by Crippen LogP contribution is 2.20. The number of para-hydroxylation sites is 1. The number of carbonyl (C=O) groups is 1. The van der Waals surface area contributed by atoms with Gasteiger partial charge < -0.3 is 5.32 Å². The standard InChI is InChI=1S/C15H21NO/c1-4-9-13(5-2)12(3)15(17)16-14-10-7-6-8-11-14/h5-8,10-13H,2,4,9H2,1,3H3,(H,16,17)/t12-,13+/m0/s1. The molecule has 1 amide bonds. The first kappa shape index (κ1) is 13.5. The van der Waals surface area contributed by atoms with Crippen molar-refractivity contribution in [3.63, 3.8) is 0 Å². The number of rotatable bonds is 6. The van der Waals surface area contributed by atoms with E-state index in [0.29, 0.717) is 0 Å². The van der Waals surface area contributed by atoms with Crippen LogP contribution in [0.1, 0.15) is 26.7 Å². The van der Waals surface area contributed by atoms with Crippen LogP contribution in [0.2, 0.25) is 0 Å². The van der Waals surface area contributed by atoms with Crippen molar-refractivity contribution in [1.82, 2.24) is 0 Å². The van der Waals surface area contributed by atoms with Crippen LogP contribution in [-0.2, 0) is 4.79 Å². The summed E-state index contributed by atoms with van der Waals surface area (Å²) in [5.41, 5.74) is 0.851. The summed E-state index contributed by atoms with van der Waals surface area (Å²) < 4.78 is 0. The van der Waals surface area contributed by atoms with E-state index in [9.17, 15) is 4.79 Å². The van der Waals surface area contributed by atoms with Gasteiger partial charge in [-0.2, -0.15) is 0 Å². The van der Waals surface area contributed by atoms with Crippen LogP contribution in [0.4, 0.5) is 5.69 Å². The van der Waals surface area contributed by atoms with Crippen LogP contribution in [0.5, 0.6) is 0 Å². The molecule has 0 aliphatic rings. The average Bonchev–Trinajstić information content (AvgIpc) is 2.36. The summed E-state index contributed by atoms with van der Waals surface area (Å²) in [4.78, 5) is 12.0. The molecular formula is C15H21NO. The number of amides is 1. The average molecular weight is 231 g/mol. The number of carbonyl (C=O) groups excluding carboxylic acids is 1. The number of hydrogen-bond donors (Lipinski definition) is 1. The molecule has 0 unspecified atom stereocenters. The fourth-order valence-corrected chi connectivity index (χ4v) is 1.88. The number of nitrogens with one attached hydrogen (secondary N) is 1. The molecule has 0 spiro atoms. The number of anilines is 1. The van der Waals surface area contributed by atoms with Crippen LogP contribution in [0.15, 0.2) is 43.0 Å². The highest BCUT2D eigenvalue weighted by molar-refractivity contribution is 5.92. The molecule has 0 saturated carbocycles.